The van der Waals surface area contributed by atoms with Crippen molar-refractivity contribution in [3.63, 3.8) is 0 Å². The highest BCUT2D eigenvalue weighted by Gasteiger charge is 2.10. The van der Waals surface area contributed by atoms with Crippen LogP contribution >= 0.6 is 11.6 Å². The molecule has 0 radical (unpaired) electrons. The Morgan fingerprint density at radius 3 is 2.52 bits per heavy atom. The van der Waals surface area contributed by atoms with E-state index in [1.807, 2.05) is 0 Å². The summed E-state index contributed by atoms with van der Waals surface area (Å²) in [6.45, 7) is 0. The van der Waals surface area contributed by atoms with Gasteiger partial charge in [-0.15, -0.1) is 0 Å². The van der Waals surface area contributed by atoms with Crippen LogP contribution < -0.4 is 21.3 Å². The van der Waals surface area contributed by atoms with Crippen LogP contribution in [-0.4, -0.2) is 12.0 Å². The zero-order valence-electron chi connectivity index (χ0n) is 11.1. The van der Waals surface area contributed by atoms with Crippen molar-refractivity contribution >= 4 is 34.4 Å². The summed E-state index contributed by atoms with van der Waals surface area (Å²) in [6.07, 6.45) is 0. The van der Waals surface area contributed by atoms with Crippen molar-refractivity contribution in [1.82, 2.24) is 0 Å². The number of methoxy groups -OCH3 is 1. The quantitative estimate of drug-likeness (QED) is 0.445. The van der Waals surface area contributed by atoms with Gasteiger partial charge in [0, 0.05) is 29.6 Å². The van der Waals surface area contributed by atoms with E-state index in [1.54, 1.807) is 24.3 Å². The summed E-state index contributed by atoms with van der Waals surface area (Å²) in [5.74, 6) is 5.81. The van der Waals surface area contributed by atoms with Crippen LogP contribution in [0.5, 0.6) is 5.75 Å². The van der Waals surface area contributed by atoms with E-state index in [9.17, 15) is 10.1 Å². The van der Waals surface area contributed by atoms with Crippen LogP contribution in [0.2, 0.25) is 5.02 Å². The maximum absolute atomic E-state index is 10.9. The largest absolute Gasteiger partial charge is 0.495 e. The van der Waals surface area contributed by atoms with Crippen molar-refractivity contribution in [2.75, 3.05) is 17.9 Å². The maximum Gasteiger partial charge on any atom is 0.273 e. The summed E-state index contributed by atoms with van der Waals surface area (Å²) in [4.78, 5) is 10.4. The number of ether oxygens (including phenoxy) is 1. The van der Waals surface area contributed by atoms with Gasteiger partial charge < -0.3 is 15.5 Å². The molecule has 0 saturated heterocycles. The third kappa shape index (κ3) is 3.53. The molecule has 0 saturated carbocycles. The Kier molecular flexibility index (Phi) is 4.46. The van der Waals surface area contributed by atoms with Crippen LogP contribution in [0, 0.1) is 10.1 Å². The summed E-state index contributed by atoms with van der Waals surface area (Å²) in [6, 6.07) is 9.49. The second-order valence-corrected chi connectivity index (χ2v) is 4.55. The van der Waals surface area contributed by atoms with E-state index >= 15 is 0 Å². The monoisotopic (exact) mass is 308 g/mol. The number of hydrazine groups is 1. The zero-order chi connectivity index (χ0) is 15.4. The molecule has 2 aromatic rings. The second-order valence-electron chi connectivity index (χ2n) is 4.14. The van der Waals surface area contributed by atoms with Gasteiger partial charge in [0.25, 0.3) is 5.69 Å². The molecule has 21 heavy (non-hydrogen) atoms. The predicted molar refractivity (Wildman–Crippen MR) is 82.2 cm³/mol. The van der Waals surface area contributed by atoms with Crippen molar-refractivity contribution in [1.29, 1.82) is 0 Å². The van der Waals surface area contributed by atoms with Crippen LogP contribution in [0.25, 0.3) is 0 Å². The van der Waals surface area contributed by atoms with Gasteiger partial charge in [-0.2, -0.15) is 0 Å². The van der Waals surface area contributed by atoms with E-state index in [2.05, 4.69) is 10.7 Å². The molecule has 4 N–H and O–H groups in total. The number of nitrogens with two attached hydrogens (primary N) is 1. The lowest BCUT2D eigenvalue weighted by Crippen LogP contribution is -2.07. The fourth-order valence-corrected chi connectivity index (χ4v) is 1.97. The highest BCUT2D eigenvalue weighted by molar-refractivity contribution is 6.32. The molecule has 0 atom stereocenters. The molecule has 0 aliphatic heterocycles. The number of hydrogen-bond acceptors (Lipinski definition) is 6. The van der Waals surface area contributed by atoms with Crippen LogP contribution in [0.1, 0.15) is 0 Å². The highest BCUT2D eigenvalue weighted by Crippen LogP contribution is 2.31. The number of non-ortho nitro benzene ring substituents is 1. The van der Waals surface area contributed by atoms with E-state index < -0.39 is 4.92 Å². The Hall–Kier alpha value is -2.51. The van der Waals surface area contributed by atoms with Crippen molar-refractivity contribution in [2.45, 2.75) is 0 Å². The molecule has 0 aliphatic carbocycles. The molecule has 110 valence electrons. The molecule has 2 rings (SSSR count). The lowest BCUT2D eigenvalue weighted by atomic mass is 10.2. The van der Waals surface area contributed by atoms with Crippen LogP contribution in [-0.2, 0) is 0 Å². The molecular weight excluding hydrogens is 296 g/mol. The third-order valence-electron chi connectivity index (χ3n) is 2.74. The van der Waals surface area contributed by atoms with Crippen molar-refractivity contribution < 1.29 is 9.66 Å². The van der Waals surface area contributed by atoms with E-state index in [1.165, 1.54) is 19.2 Å². The van der Waals surface area contributed by atoms with E-state index in [4.69, 9.17) is 22.2 Å². The Bertz CT molecular complexity index is 678. The van der Waals surface area contributed by atoms with Crippen molar-refractivity contribution in [3.05, 3.63) is 51.5 Å². The van der Waals surface area contributed by atoms with Crippen LogP contribution in [0.15, 0.2) is 36.4 Å². The normalized spacial score (nSPS) is 10.0. The predicted octanol–water partition coefficient (Wildman–Crippen LogP) is 3.29. The van der Waals surface area contributed by atoms with Crippen LogP contribution in [0.3, 0.4) is 0 Å². The molecular formula is C13H13ClN4O3. The van der Waals surface area contributed by atoms with Gasteiger partial charge in [-0.3, -0.25) is 16.0 Å². The Labute approximate surface area is 125 Å². The highest BCUT2D eigenvalue weighted by atomic mass is 35.5. The van der Waals surface area contributed by atoms with Gasteiger partial charge in [-0.1, -0.05) is 11.6 Å². The van der Waals surface area contributed by atoms with Gasteiger partial charge in [-0.25, -0.2) is 0 Å². The van der Waals surface area contributed by atoms with Gasteiger partial charge >= 0.3 is 0 Å². The number of nitro benzene ring substituents is 1. The number of nitrogens with zero attached hydrogens (tertiary/aromatic N) is 1. The molecule has 7 nitrogen and oxygen atoms in total. The average Bonchev–Trinajstić information content (AvgIpc) is 2.48. The first kappa shape index (κ1) is 14.9. The molecule has 0 aliphatic rings. The first-order valence-electron chi connectivity index (χ1n) is 5.90. The van der Waals surface area contributed by atoms with Crippen LogP contribution in [0.4, 0.5) is 22.7 Å². The summed E-state index contributed by atoms with van der Waals surface area (Å²) < 4.78 is 5.12. The molecule has 2 aromatic carbocycles. The minimum atomic E-state index is -0.492. The molecule has 0 amide bonds. The topological polar surface area (TPSA) is 102 Å². The minimum Gasteiger partial charge on any atom is -0.495 e. The molecule has 0 aromatic heterocycles. The number of nitro groups is 1. The number of nitrogens with one attached hydrogen (secondary N) is 2. The zero-order valence-corrected chi connectivity index (χ0v) is 11.8. The first-order valence-corrected chi connectivity index (χ1v) is 6.28. The summed E-state index contributed by atoms with van der Waals surface area (Å²) in [5.41, 5.74) is 3.93. The van der Waals surface area contributed by atoms with Gasteiger partial charge in [-0.05, 0) is 18.2 Å². The lowest BCUT2D eigenvalue weighted by molar-refractivity contribution is -0.384. The number of hydrogen-bond donors (Lipinski definition) is 3. The summed E-state index contributed by atoms with van der Waals surface area (Å²) in [5, 5.41) is 14.4. The molecule has 0 fully saturated rings. The number of benzene rings is 2. The second kappa shape index (κ2) is 6.29. The van der Waals surface area contributed by atoms with E-state index in [0.717, 1.165) is 0 Å². The minimum absolute atomic E-state index is 0.0751. The lowest BCUT2D eigenvalue weighted by Gasteiger charge is -2.10. The van der Waals surface area contributed by atoms with Gasteiger partial charge in [0.15, 0.2) is 0 Å². The van der Waals surface area contributed by atoms with Gasteiger partial charge in [0.05, 0.1) is 22.7 Å². The smallest absolute Gasteiger partial charge is 0.273 e. The fraction of sp³-hybridized carbons (Fsp3) is 0.0769. The SMILES string of the molecule is COc1cc(Nc2cc(NN)cc([N+](=O)[O-])c2)ccc1Cl. The third-order valence-corrected chi connectivity index (χ3v) is 3.05. The van der Waals surface area contributed by atoms with Gasteiger partial charge in [0.1, 0.15) is 5.75 Å². The molecule has 0 bridgehead atoms. The molecule has 0 heterocycles. The van der Waals surface area contributed by atoms with E-state index in [0.29, 0.717) is 27.8 Å². The summed E-state index contributed by atoms with van der Waals surface area (Å²) >= 11 is 5.95. The molecule has 0 unspecified atom stereocenters. The first-order chi connectivity index (χ1) is 10.0. The average molecular weight is 309 g/mol. The Morgan fingerprint density at radius 1 is 1.19 bits per heavy atom. The standard InChI is InChI=1S/C13H13ClN4O3/c1-21-13-7-8(2-3-12(13)14)16-9-4-10(17-15)6-11(5-9)18(19)20/h2-7,16-17H,15H2,1H3. The number of nitrogen functional groups attached to an aromatic ring is 1. The van der Waals surface area contributed by atoms with E-state index in [-0.39, 0.29) is 5.69 Å². The number of halogens is 1. The van der Waals surface area contributed by atoms with Crippen molar-refractivity contribution in [3.8, 4) is 5.75 Å². The summed E-state index contributed by atoms with van der Waals surface area (Å²) in [7, 11) is 1.51. The van der Waals surface area contributed by atoms with Gasteiger partial charge in [0.2, 0.25) is 0 Å². The maximum atomic E-state index is 10.9. The Balaban J connectivity index is 2.34. The molecule has 8 heteroatoms. The Morgan fingerprint density at radius 2 is 1.90 bits per heavy atom. The number of rotatable bonds is 5. The van der Waals surface area contributed by atoms with Crippen molar-refractivity contribution in [2.24, 2.45) is 5.84 Å². The number of anilines is 3. The molecule has 0 spiro atoms. The fourth-order valence-electron chi connectivity index (χ4n) is 1.78.